The molecule has 1 aliphatic heterocycles. The number of benzene rings is 1. The molecule has 9 nitrogen and oxygen atoms in total. The lowest BCUT2D eigenvalue weighted by molar-refractivity contribution is 0.0904. The zero-order chi connectivity index (χ0) is 24.4. The summed E-state index contributed by atoms with van der Waals surface area (Å²) in [5.41, 5.74) is 4.21. The van der Waals surface area contributed by atoms with Gasteiger partial charge in [-0.2, -0.15) is 0 Å². The van der Waals surface area contributed by atoms with Crippen LogP contribution < -0.4 is 15.4 Å². The molecule has 9 heteroatoms. The number of ether oxygens (including phenoxy) is 2. The molecule has 0 aliphatic carbocycles. The molecule has 3 aromatic heterocycles. The van der Waals surface area contributed by atoms with Gasteiger partial charge in [-0.1, -0.05) is 0 Å². The molecule has 0 amide bonds. The van der Waals surface area contributed by atoms with Gasteiger partial charge in [-0.05, 0) is 57.9 Å². The fourth-order valence-electron chi connectivity index (χ4n) is 4.33. The van der Waals surface area contributed by atoms with Crippen molar-refractivity contribution >= 4 is 28.4 Å². The van der Waals surface area contributed by atoms with E-state index in [-0.39, 0.29) is 0 Å². The normalized spacial score (nSPS) is 14.3. The van der Waals surface area contributed by atoms with Crippen LogP contribution in [0.5, 0.6) is 5.75 Å². The molecule has 0 unspecified atom stereocenters. The topological polar surface area (TPSA) is 107 Å². The Bertz CT molecular complexity index is 1350. The molecule has 5 rings (SSSR count). The summed E-state index contributed by atoms with van der Waals surface area (Å²) < 4.78 is 17.2. The van der Waals surface area contributed by atoms with Crippen LogP contribution in [0.1, 0.15) is 37.0 Å². The van der Waals surface area contributed by atoms with E-state index in [1.54, 1.807) is 0 Å². The highest BCUT2D eigenvalue weighted by Gasteiger charge is 2.18. The van der Waals surface area contributed by atoms with Gasteiger partial charge in [0.15, 0.2) is 17.5 Å². The van der Waals surface area contributed by atoms with Gasteiger partial charge in [0.05, 0.1) is 18.0 Å². The zero-order valence-corrected chi connectivity index (χ0v) is 20.5. The second kappa shape index (κ2) is 9.87. The third kappa shape index (κ3) is 5.05. The van der Waals surface area contributed by atoms with Crippen molar-refractivity contribution in [3.05, 3.63) is 47.7 Å². The van der Waals surface area contributed by atoms with Gasteiger partial charge in [0.25, 0.3) is 0 Å². The predicted octanol–water partition coefficient (Wildman–Crippen LogP) is 5.34. The lowest BCUT2D eigenvalue weighted by Crippen LogP contribution is -2.28. The fraction of sp³-hybridized carbons (Fsp3) is 0.385. The van der Waals surface area contributed by atoms with Crippen LogP contribution in [-0.2, 0) is 4.74 Å². The number of anilines is 3. The van der Waals surface area contributed by atoms with Crippen molar-refractivity contribution < 1.29 is 13.9 Å². The summed E-state index contributed by atoms with van der Waals surface area (Å²) in [6.07, 6.45) is 3.72. The van der Waals surface area contributed by atoms with E-state index >= 15 is 0 Å². The molecule has 35 heavy (non-hydrogen) atoms. The quantitative estimate of drug-likeness (QED) is 0.367. The minimum Gasteiger partial charge on any atom is -0.492 e. The standard InChI is InChI=1S/C26H30N6O3/c1-5-34-22-13-18(24-16(3)29-17(4)35-24)6-7-21(22)31-26-27-14-19-12-15(2)28-25(23(19)32-26)30-20-8-10-33-11-9-20/h6-7,12-14,20H,5,8-11H2,1-4H3,(H,28,30)(H,27,31,32). The number of hydrogen-bond donors (Lipinski definition) is 2. The molecule has 0 radical (unpaired) electrons. The second-order valence-electron chi connectivity index (χ2n) is 8.69. The average Bonchev–Trinajstić information content (AvgIpc) is 3.19. The number of oxazole rings is 1. The predicted molar refractivity (Wildman–Crippen MR) is 135 cm³/mol. The summed E-state index contributed by atoms with van der Waals surface area (Å²) in [4.78, 5) is 18.5. The van der Waals surface area contributed by atoms with Gasteiger partial charge in [-0.3, -0.25) is 0 Å². The molecule has 0 atom stereocenters. The minimum atomic E-state index is 0.313. The molecule has 0 spiro atoms. The van der Waals surface area contributed by atoms with Crippen LogP contribution in [0.2, 0.25) is 0 Å². The monoisotopic (exact) mass is 474 g/mol. The first-order valence-electron chi connectivity index (χ1n) is 12.0. The Morgan fingerprint density at radius 1 is 1.06 bits per heavy atom. The maximum absolute atomic E-state index is 5.93. The SMILES string of the molecule is CCOc1cc(-c2oc(C)nc2C)ccc1Nc1ncc2cc(C)nc(NC3CCOCC3)c2n1. The molecule has 182 valence electrons. The molecule has 2 N–H and O–H groups in total. The van der Waals surface area contributed by atoms with E-state index in [9.17, 15) is 0 Å². The third-order valence-corrected chi connectivity index (χ3v) is 5.95. The van der Waals surface area contributed by atoms with E-state index in [0.717, 1.165) is 71.2 Å². The number of pyridine rings is 1. The first-order chi connectivity index (χ1) is 17.0. The van der Waals surface area contributed by atoms with Crippen LogP contribution in [0.4, 0.5) is 17.5 Å². The summed E-state index contributed by atoms with van der Waals surface area (Å²) in [6, 6.07) is 8.17. The highest BCUT2D eigenvalue weighted by atomic mass is 16.5. The molecule has 4 heterocycles. The highest BCUT2D eigenvalue weighted by molar-refractivity contribution is 5.89. The Balaban J connectivity index is 1.47. The number of hydrogen-bond acceptors (Lipinski definition) is 9. The van der Waals surface area contributed by atoms with Crippen molar-refractivity contribution in [2.24, 2.45) is 0 Å². The number of aromatic nitrogens is 4. The maximum atomic E-state index is 5.93. The van der Waals surface area contributed by atoms with Crippen molar-refractivity contribution in [1.82, 2.24) is 19.9 Å². The Labute approximate surface area is 204 Å². The molecular formula is C26H30N6O3. The van der Waals surface area contributed by atoms with Crippen LogP contribution in [0.3, 0.4) is 0 Å². The Morgan fingerprint density at radius 3 is 2.63 bits per heavy atom. The fourth-order valence-corrected chi connectivity index (χ4v) is 4.33. The summed E-state index contributed by atoms with van der Waals surface area (Å²) >= 11 is 0. The lowest BCUT2D eigenvalue weighted by atomic mass is 10.1. The van der Waals surface area contributed by atoms with Crippen molar-refractivity contribution in [3.63, 3.8) is 0 Å². The summed E-state index contributed by atoms with van der Waals surface area (Å²) in [5, 5.41) is 7.83. The zero-order valence-electron chi connectivity index (χ0n) is 20.5. The largest absolute Gasteiger partial charge is 0.492 e. The lowest BCUT2D eigenvalue weighted by Gasteiger charge is -2.24. The van der Waals surface area contributed by atoms with E-state index in [2.05, 4.69) is 20.6 Å². The van der Waals surface area contributed by atoms with Gasteiger partial charge in [-0.15, -0.1) is 0 Å². The smallest absolute Gasteiger partial charge is 0.227 e. The van der Waals surface area contributed by atoms with E-state index in [1.807, 2.05) is 58.2 Å². The Morgan fingerprint density at radius 2 is 1.89 bits per heavy atom. The van der Waals surface area contributed by atoms with Gasteiger partial charge < -0.3 is 24.5 Å². The molecule has 1 aliphatic rings. The first-order valence-corrected chi connectivity index (χ1v) is 12.0. The van der Waals surface area contributed by atoms with Gasteiger partial charge in [0.1, 0.15) is 11.3 Å². The van der Waals surface area contributed by atoms with Crippen LogP contribution in [-0.4, -0.2) is 45.8 Å². The average molecular weight is 475 g/mol. The van der Waals surface area contributed by atoms with Crippen LogP contribution in [0.15, 0.2) is 34.9 Å². The molecule has 4 aromatic rings. The summed E-state index contributed by atoms with van der Waals surface area (Å²) in [5.74, 6) is 3.30. The van der Waals surface area contributed by atoms with Crippen LogP contribution in [0.25, 0.3) is 22.2 Å². The number of nitrogens with zero attached hydrogens (tertiary/aromatic N) is 4. The van der Waals surface area contributed by atoms with E-state index in [0.29, 0.717) is 30.2 Å². The van der Waals surface area contributed by atoms with Gasteiger partial charge in [-0.25, -0.2) is 19.9 Å². The van der Waals surface area contributed by atoms with E-state index < -0.39 is 0 Å². The summed E-state index contributed by atoms with van der Waals surface area (Å²) in [6.45, 7) is 9.74. The van der Waals surface area contributed by atoms with Gasteiger partial charge in [0, 0.05) is 49.0 Å². The third-order valence-electron chi connectivity index (χ3n) is 5.95. The summed E-state index contributed by atoms with van der Waals surface area (Å²) in [7, 11) is 0. The Kier molecular flexibility index (Phi) is 6.50. The Hall–Kier alpha value is -3.72. The number of fused-ring (bicyclic) bond motifs is 1. The van der Waals surface area contributed by atoms with Crippen molar-refractivity contribution in [2.75, 3.05) is 30.5 Å². The van der Waals surface area contributed by atoms with Crippen LogP contribution >= 0.6 is 0 Å². The molecule has 0 bridgehead atoms. The molecular weight excluding hydrogens is 444 g/mol. The minimum absolute atomic E-state index is 0.313. The van der Waals surface area contributed by atoms with Crippen molar-refractivity contribution in [1.29, 1.82) is 0 Å². The number of rotatable bonds is 7. The molecule has 1 saturated heterocycles. The highest BCUT2D eigenvalue weighted by Crippen LogP contribution is 2.34. The van der Waals surface area contributed by atoms with Gasteiger partial charge in [0.2, 0.25) is 5.95 Å². The maximum Gasteiger partial charge on any atom is 0.227 e. The van der Waals surface area contributed by atoms with Crippen LogP contribution in [0, 0.1) is 20.8 Å². The number of aryl methyl sites for hydroxylation is 3. The van der Waals surface area contributed by atoms with Crippen molar-refractivity contribution in [3.8, 4) is 17.1 Å². The van der Waals surface area contributed by atoms with Gasteiger partial charge >= 0.3 is 0 Å². The van der Waals surface area contributed by atoms with E-state index in [4.69, 9.17) is 23.9 Å². The first kappa shape index (κ1) is 23.0. The van der Waals surface area contributed by atoms with E-state index in [1.165, 1.54) is 0 Å². The van der Waals surface area contributed by atoms with Crippen molar-refractivity contribution in [2.45, 2.75) is 46.6 Å². The second-order valence-corrected chi connectivity index (χ2v) is 8.69. The molecule has 1 fully saturated rings. The molecule has 1 aromatic carbocycles. The number of nitrogens with one attached hydrogen (secondary N) is 2. The molecule has 0 saturated carbocycles.